The number of hydrogen-bond donors (Lipinski definition) is 2. The average Bonchev–Trinajstić information content (AvgIpc) is 2.65. The van der Waals surface area contributed by atoms with Crippen molar-refractivity contribution in [3.05, 3.63) is 35.8 Å². The second-order valence-electron chi connectivity index (χ2n) is 4.61. The maximum absolute atomic E-state index is 13.3. The van der Waals surface area contributed by atoms with E-state index in [0.717, 1.165) is 35.4 Å². The van der Waals surface area contributed by atoms with Crippen LogP contribution in [0.3, 0.4) is 0 Å². The summed E-state index contributed by atoms with van der Waals surface area (Å²) in [5.74, 6) is -2.05. The second-order valence-corrected chi connectivity index (χ2v) is 6.60. The van der Waals surface area contributed by atoms with E-state index in [1.165, 1.54) is 0 Å². The highest BCUT2D eigenvalue weighted by Crippen LogP contribution is 2.25. The first kappa shape index (κ1) is 16.1. The standard InChI is InChI=1S/C13H13FN2O5S/c1-22(20,21)11-3-2-8(14)6-9(11)15-10-7-12(18)16(4-5-17)13(10)19/h2-3,6-7,15,17H,4-5H2,1H3. The van der Waals surface area contributed by atoms with Gasteiger partial charge in [-0.2, -0.15) is 0 Å². The quantitative estimate of drug-likeness (QED) is 0.577. The molecule has 9 heteroatoms. The van der Waals surface area contributed by atoms with Crippen LogP contribution in [0.1, 0.15) is 0 Å². The van der Waals surface area contributed by atoms with Crippen LogP contribution in [0, 0.1) is 5.82 Å². The first-order valence-electron chi connectivity index (χ1n) is 6.19. The van der Waals surface area contributed by atoms with Crippen LogP contribution in [0.15, 0.2) is 34.9 Å². The van der Waals surface area contributed by atoms with E-state index in [-0.39, 0.29) is 22.8 Å². The molecule has 0 aliphatic carbocycles. The zero-order valence-corrected chi connectivity index (χ0v) is 12.4. The van der Waals surface area contributed by atoms with Crippen molar-refractivity contribution in [1.29, 1.82) is 0 Å². The van der Waals surface area contributed by atoms with Gasteiger partial charge in [-0.3, -0.25) is 14.5 Å². The van der Waals surface area contributed by atoms with Gasteiger partial charge in [0.2, 0.25) is 0 Å². The molecule has 7 nitrogen and oxygen atoms in total. The summed E-state index contributed by atoms with van der Waals surface area (Å²) < 4.78 is 36.7. The zero-order chi connectivity index (χ0) is 16.5. The van der Waals surface area contributed by atoms with Gasteiger partial charge < -0.3 is 10.4 Å². The summed E-state index contributed by atoms with van der Waals surface area (Å²) in [6, 6.07) is 2.97. The summed E-state index contributed by atoms with van der Waals surface area (Å²) in [6.07, 6.45) is 1.91. The van der Waals surface area contributed by atoms with Crippen LogP contribution >= 0.6 is 0 Å². The van der Waals surface area contributed by atoms with Gasteiger partial charge in [0, 0.05) is 12.3 Å². The summed E-state index contributed by atoms with van der Waals surface area (Å²) in [5, 5.41) is 11.3. The molecule has 0 fully saturated rings. The highest BCUT2D eigenvalue weighted by Gasteiger charge is 2.31. The number of aliphatic hydroxyl groups is 1. The summed E-state index contributed by atoms with van der Waals surface area (Å²) in [6.45, 7) is -0.575. The number of nitrogens with zero attached hydrogens (tertiary/aromatic N) is 1. The third-order valence-electron chi connectivity index (χ3n) is 2.94. The minimum absolute atomic E-state index is 0.138. The van der Waals surface area contributed by atoms with Crippen molar-refractivity contribution in [3.8, 4) is 0 Å². The van der Waals surface area contributed by atoms with Crippen molar-refractivity contribution < 1.29 is 27.5 Å². The molecule has 1 heterocycles. The number of anilines is 1. The van der Waals surface area contributed by atoms with Gasteiger partial charge in [0.1, 0.15) is 11.5 Å². The number of rotatable bonds is 5. The maximum Gasteiger partial charge on any atom is 0.277 e. The predicted octanol–water partition coefficient (Wildman–Crippen LogP) is -0.114. The largest absolute Gasteiger partial charge is 0.395 e. The third kappa shape index (κ3) is 3.15. The molecule has 0 saturated heterocycles. The number of carbonyl (C=O) groups is 2. The number of amides is 2. The Hall–Kier alpha value is -2.26. The normalized spacial score (nSPS) is 15.2. The van der Waals surface area contributed by atoms with Gasteiger partial charge in [-0.1, -0.05) is 0 Å². The molecule has 0 saturated carbocycles. The van der Waals surface area contributed by atoms with E-state index in [1.807, 2.05) is 0 Å². The lowest BCUT2D eigenvalue weighted by Gasteiger charge is -2.14. The molecule has 118 valence electrons. The van der Waals surface area contributed by atoms with Crippen molar-refractivity contribution in [2.45, 2.75) is 4.90 Å². The topological polar surface area (TPSA) is 104 Å². The van der Waals surface area contributed by atoms with E-state index in [1.54, 1.807) is 0 Å². The van der Waals surface area contributed by atoms with Crippen molar-refractivity contribution in [2.24, 2.45) is 0 Å². The molecule has 0 spiro atoms. The first-order chi connectivity index (χ1) is 10.2. The molecule has 1 aromatic carbocycles. The predicted molar refractivity (Wildman–Crippen MR) is 75.0 cm³/mol. The smallest absolute Gasteiger partial charge is 0.277 e. The Bertz CT molecular complexity index is 773. The molecule has 0 aromatic heterocycles. The number of aliphatic hydroxyl groups excluding tert-OH is 1. The highest BCUT2D eigenvalue weighted by atomic mass is 32.2. The SMILES string of the molecule is CS(=O)(=O)c1ccc(F)cc1NC1=CC(=O)N(CCO)C1=O. The lowest BCUT2D eigenvalue weighted by Crippen LogP contribution is -2.34. The molecule has 2 rings (SSSR count). The second kappa shape index (κ2) is 5.85. The molecular formula is C13H13FN2O5S. The zero-order valence-electron chi connectivity index (χ0n) is 11.5. The molecule has 1 aromatic rings. The van der Waals surface area contributed by atoms with E-state index in [0.29, 0.717) is 0 Å². The molecule has 0 unspecified atom stereocenters. The fourth-order valence-corrected chi connectivity index (χ4v) is 2.80. The van der Waals surface area contributed by atoms with Crippen molar-refractivity contribution in [1.82, 2.24) is 4.90 Å². The molecule has 1 aliphatic heterocycles. The van der Waals surface area contributed by atoms with Gasteiger partial charge >= 0.3 is 0 Å². The number of sulfone groups is 1. The van der Waals surface area contributed by atoms with E-state index in [2.05, 4.69) is 5.32 Å². The van der Waals surface area contributed by atoms with Crippen LogP contribution in [0.5, 0.6) is 0 Å². The van der Waals surface area contributed by atoms with Gasteiger partial charge in [0.15, 0.2) is 9.84 Å². The van der Waals surface area contributed by atoms with Crippen LogP contribution in [0.2, 0.25) is 0 Å². The Labute approximate surface area is 126 Å². The van der Waals surface area contributed by atoms with Gasteiger partial charge in [0.25, 0.3) is 11.8 Å². The highest BCUT2D eigenvalue weighted by molar-refractivity contribution is 7.90. The molecule has 0 atom stereocenters. The van der Waals surface area contributed by atoms with E-state index in [4.69, 9.17) is 5.11 Å². The Balaban J connectivity index is 2.36. The van der Waals surface area contributed by atoms with Gasteiger partial charge in [-0.25, -0.2) is 12.8 Å². The lowest BCUT2D eigenvalue weighted by atomic mass is 10.3. The fourth-order valence-electron chi connectivity index (χ4n) is 1.98. The molecule has 2 N–H and O–H groups in total. The van der Waals surface area contributed by atoms with Crippen LogP contribution in [0.4, 0.5) is 10.1 Å². The summed E-state index contributed by atoms with van der Waals surface area (Å²) in [5.41, 5.74) is -0.324. The summed E-state index contributed by atoms with van der Waals surface area (Å²) >= 11 is 0. The number of carbonyl (C=O) groups excluding carboxylic acids is 2. The number of halogens is 1. The Morgan fingerprint density at radius 2 is 2.00 bits per heavy atom. The molecule has 2 amide bonds. The number of nitrogens with one attached hydrogen (secondary N) is 1. The summed E-state index contributed by atoms with van der Waals surface area (Å²) in [7, 11) is -3.65. The number of hydrogen-bond acceptors (Lipinski definition) is 6. The Kier molecular flexibility index (Phi) is 4.29. The van der Waals surface area contributed by atoms with Crippen molar-refractivity contribution in [3.63, 3.8) is 0 Å². The molecule has 22 heavy (non-hydrogen) atoms. The van der Waals surface area contributed by atoms with E-state index in [9.17, 15) is 22.4 Å². The monoisotopic (exact) mass is 328 g/mol. The Morgan fingerprint density at radius 3 is 2.59 bits per heavy atom. The number of β-amino-alcohol motifs (C(OH)–C–C–N with tert-alkyl or cyclic N) is 1. The Morgan fingerprint density at radius 1 is 1.32 bits per heavy atom. The van der Waals surface area contributed by atoms with E-state index < -0.39 is 34.1 Å². The van der Waals surface area contributed by atoms with Crippen molar-refractivity contribution >= 4 is 27.3 Å². The van der Waals surface area contributed by atoms with Gasteiger partial charge in [-0.15, -0.1) is 0 Å². The molecule has 0 bridgehead atoms. The van der Waals surface area contributed by atoms with Crippen LogP contribution in [-0.2, 0) is 19.4 Å². The van der Waals surface area contributed by atoms with Crippen molar-refractivity contribution in [2.75, 3.05) is 24.7 Å². The minimum Gasteiger partial charge on any atom is -0.395 e. The van der Waals surface area contributed by atoms with E-state index >= 15 is 0 Å². The number of benzene rings is 1. The minimum atomic E-state index is -3.65. The molecule has 1 aliphatic rings. The average molecular weight is 328 g/mol. The maximum atomic E-state index is 13.3. The van der Waals surface area contributed by atoms with Gasteiger partial charge in [-0.05, 0) is 18.2 Å². The molecule has 0 radical (unpaired) electrons. The van der Waals surface area contributed by atoms with Crippen LogP contribution < -0.4 is 5.32 Å². The lowest BCUT2D eigenvalue weighted by molar-refractivity contribution is -0.137. The van der Waals surface area contributed by atoms with Crippen LogP contribution in [0.25, 0.3) is 0 Å². The fraction of sp³-hybridized carbons (Fsp3) is 0.231. The molecular weight excluding hydrogens is 315 g/mol. The van der Waals surface area contributed by atoms with Gasteiger partial charge in [0.05, 0.1) is 23.7 Å². The number of imide groups is 1. The summed E-state index contributed by atoms with van der Waals surface area (Å²) in [4.78, 5) is 24.2. The first-order valence-corrected chi connectivity index (χ1v) is 8.08. The van der Waals surface area contributed by atoms with Crippen LogP contribution in [-0.4, -0.2) is 49.6 Å². The third-order valence-corrected chi connectivity index (χ3v) is 4.10.